The van der Waals surface area contributed by atoms with Crippen LogP contribution in [-0.4, -0.2) is 41.5 Å². The number of anilines is 1. The van der Waals surface area contributed by atoms with Gasteiger partial charge in [0, 0.05) is 18.8 Å². The molecule has 0 bridgehead atoms. The van der Waals surface area contributed by atoms with Crippen LogP contribution in [0.4, 0.5) is 11.5 Å². The zero-order valence-electron chi connectivity index (χ0n) is 10.8. The molecule has 0 aromatic carbocycles. The number of pyridine rings is 1. The van der Waals surface area contributed by atoms with Crippen LogP contribution in [-0.2, 0) is 0 Å². The second kappa shape index (κ2) is 6.16. The average molecular weight is 285 g/mol. The number of nitrogens with zero attached hydrogens (tertiary/aromatic N) is 3. The molecule has 104 valence electrons. The normalized spacial score (nSPS) is 17.4. The third kappa shape index (κ3) is 3.78. The zero-order valence-corrected chi connectivity index (χ0v) is 11.6. The van der Waals surface area contributed by atoms with Crippen molar-refractivity contribution in [2.75, 3.05) is 32.0 Å². The quantitative estimate of drug-likeness (QED) is 0.679. The van der Waals surface area contributed by atoms with Crippen molar-refractivity contribution in [1.29, 1.82) is 0 Å². The highest BCUT2D eigenvalue weighted by Crippen LogP contribution is 2.26. The maximum absolute atomic E-state index is 10.9. The Labute approximate surface area is 116 Å². The molecule has 0 aliphatic carbocycles. The molecule has 0 unspecified atom stereocenters. The molecule has 2 heterocycles. The van der Waals surface area contributed by atoms with Gasteiger partial charge in [-0.05, 0) is 38.9 Å². The molecule has 6 nitrogen and oxygen atoms in total. The van der Waals surface area contributed by atoms with Crippen LogP contribution < -0.4 is 5.32 Å². The van der Waals surface area contributed by atoms with Crippen molar-refractivity contribution in [1.82, 2.24) is 9.88 Å². The Hall–Kier alpha value is -1.40. The Kier molecular flexibility index (Phi) is 4.55. The van der Waals surface area contributed by atoms with E-state index >= 15 is 0 Å². The number of piperidine rings is 1. The molecular weight excluding hydrogens is 268 g/mol. The zero-order chi connectivity index (χ0) is 13.8. The van der Waals surface area contributed by atoms with E-state index in [1.807, 2.05) is 0 Å². The smallest absolute Gasteiger partial charge is 0.312 e. The molecule has 1 aromatic rings. The van der Waals surface area contributed by atoms with Gasteiger partial charge >= 0.3 is 5.69 Å². The highest BCUT2D eigenvalue weighted by Gasteiger charge is 2.20. The predicted octanol–water partition coefficient (Wildman–Crippen LogP) is 2.40. The van der Waals surface area contributed by atoms with E-state index in [2.05, 4.69) is 22.2 Å². The van der Waals surface area contributed by atoms with Gasteiger partial charge in [-0.25, -0.2) is 4.98 Å². The summed E-state index contributed by atoms with van der Waals surface area (Å²) in [6.45, 7) is 2.86. The molecular formula is C12H17ClN4O2. The second-order valence-corrected chi connectivity index (χ2v) is 5.34. The third-order valence-electron chi connectivity index (χ3n) is 3.43. The first kappa shape index (κ1) is 14.0. The summed E-state index contributed by atoms with van der Waals surface area (Å²) in [7, 11) is 2.11. The average Bonchev–Trinajstić information content (AvgIpc) is 2.39. The summed E-state index contributed by atoms with van der Waals surface area (Å²) in [6.07, 6.45) is 3.63. The number of nitrogens with one attached hydrogen (secondary N) is 1. The molecule has 1 N–H and O–H groups in total. The lowest BCUT2D eigenvalue weighted by molar-refractivity contribution is -0.384. The number of halogens is 1. The first-order chi connectivity index (χ1) is 9.06. The van der Waals surface area contributed by atoms with E-state index in [9.17, 15) is 10.1 Å². The third-order valence-corrected chi connectivity index (χ3v) is 3.63. The fourth-order valence-electron chi connectivity index (χ4n) is 2.21. The lowest BCUT2D eigenvalue weighted by atomic mass is 9.97. The van der Waals surface area contributed by atoms with Gasteiger partial charge in [0.2, 0.25) is 5.82 Å². The number of rotatable bonds is 4. The molecule has 1 aromatic heterocycles. The Morgan fingerprint density at radius 2 is 2.26 bits per heavy atom. The molecule has 1 fully saturated rings. The fraction of sp³-hybridized carbons (Fsp3) is 0.583. The summed E-state index contributed by atoms with van der Waals surface area (Å²) in [5, 5.41) is 14.3. The van der Waals surface area contributed by atoms with E-state index < -0.39 is 4.92 Å². The van der Waals surface area contributed by atoms with Gasteiger partial charge in [-0.3, -0.25) is 10.1 Å². The molecule has 1 saturated heterocycles. The van der Waals surface area contributed by atoms with Crippen molar-refractivity contribution in [3.05, 3.63) is 27.4 Å². The van der Waals surface area contributed by atoms with Crippen molar-refractivity contribution >= 4 is 23.1 Å². The minimum Gasteiger partial charge on any atom is -0.364 e. The van der Waals surface area contributed by atoms with Crippen LogP contribution in [0.15, 0.2) is 12.3 Å². The van der Waals surface area contributed by atoms with Crippen LogP contribution in [0.1, 0.15) is 12.8 Å². The Morgan fingerprint density at radius 3 is 2.89 bits per heavy atom. The second-order valence-electron chi connectivity index (χ2n) is 4.91. The fourth-order valence-corrected chi connectivity index (χ4v) is 2.36. The van der Waals surface area contributed by atoms with Crippen LogP contribution in [0.3, 0.4) is 0 Å². The topological polar surface area (TPSA) is 71.3 Å². The highest BCUT2D eigenvalue weighted by atomic mass is 35.5. The molecule has 0 atom stereocenters. The van der Waals surface area contributed by atoms with E-state index in [4.69, 9.17) is 11.6 Å². The van der Waals surface area contributed by atoms with Gasteiger partial charge < -0.3 is 10.2 Å². The number of nitro groups is 1. The van der Waals surface area contributed by atoms with Gasteiger partial charge in [0.25, 0.3) is 0 Å². The standard InChI is InChI=1S/C12H17ClN4O2/c1-16-4-2-9(3-5-16)7-14-12-11(17(18)19)6-10(13)8-15-12/h6,8-9H,2-5,7H2,1H3,(H,14,15). The number of hydrogen-bond acceptors (Lipinski definition) is 5. The molecule has 0 saturated carbocycles. The van der Waals surface area contributed by atoms with Gasteiger partial charge in [0.05, 0.1) is 9.95 Å². The molecule has 0 amide bonds. The largest absolute Gasteiger partial charge is 0.364 e. The molecule has 1 aliphatic heterocycles. The summed E-state index contributed by atoms with van der Waals surface area (Å²) in [5.41, 5.74) is -0.0690. The van der Waals surface area contributed by atoms with Crippen molar-refractivity contribution in [2.45, 2.75) is 12.8 Å². The van der Waals surface area contributed by atoms with Crippen LogP contribution in [0.25, 0.3) is 0 Å². The van der Waals surface area contributed by atoms with E-state index in [1.165, 1.54) is 12.3 Å². The molecule has 0 radical (unpaired) electrons. The Bertz CT molecular complexity index is 461. The summed E-state index contributed by atoms with van der Waals surface area (Å²) in [4.78, 5) is 16.8. The maximum atomic E-state index is 10.9. The summed E-state index contributed by atoms with van der Waals surface area (Å²) >= 11 is 5.73. The Balaban J connectivity index is 1.97. The van der Waals surface area contributed by atoms with Crippen molar-refractivity contribution in [2.24, 2.45) is 5.92 Å². The van der Waals surface area contributed by atoms with Crippen LogP contribution in [0.5, 0.6) is 0 Å². The van der Waals surface area contributed by atoms with E-state index in [0.29, 0.717) is 18.3 Å². The summed E-state index contributed by atoms with van der Waals surface area (Å²) < 4.78 is 0. The van der Waals surface area contributed by atoms with Crippen molar-refractivity contribution in [3.8, 4) is 0 Å². The minimum atomic E-state index is -0.462. The lowest BCUT2D eigenvalue weighted by Gasteiger charge is -2.28. The lowest BCUT2D eigenvalue weighted by Crippen LogP contribution is -2.33. The van der Waals surface area contributed by atoms with Crippen molar-refractivity contribution in [3.63, 3.8) is 0 Å². The van der Waals surface area contributed by atoms with Gasteiger partial charge in [-0.1, -0.05) is 11.6 Å². The van der Waals surface area contributed by atoms with Gasteiger partial charge in [-0.15, -0.1) is 0 Å². The predicted molar refractivity (Wildman–Crippen MR) is 74.6 cm³/mol. The van der Waals surface area contributed by atoms with Gasteiger partial charge in [0.15, 0.2) is 0 Å². The van der Waals surface area contributed by atoms with E-state index in [1.54, 1.807) is 0 Å². The van der Waals surface area contributed by atoms with E-state index in [-0.39, 0.29) is 10.7 Å². The SMILES string of the molecule is CN1CCC(CNc2ncc(Cl)cc2[N+](=O)[O-])CC1. The molecule has 7 heteroatoms. The molecule has 2 rings (SSSR count). The molecule has 19 heavy (non-hydrogen) atoms. The maximum Gasteiger partial charge on any atom is 0.312 e. The van der Waals surface area contributed by atoms with Crippen LogP contribution >= 0.6 is 11.6 Å². The van der Waals surface area contributed by atoms with Crippen LogP contribution in [0, 0.1) is 16.0 Å². The van der Waals surface area contributed by atoms with Crippen molar-refractivity contribution < 1.29 is 4.92 Å². The van der Waals surface area contributed by atoms with Gasteiger partial charge in [-0.2, -0.15) is 0 Å². The van der Waals surface area contributed by atoms with Gasteiger partial charge in [0.1, 0.15) is 0 Å². The number of aromatic nitrogens is 1. The molecule has 0 spiro atoms. The summed E-state index contributed by atoms with van der Waals surface area (Å²) in [6, 6.07) is 1.32. The minimum absolute atomic E-state index is 0.0690. The summed E-state index contributed by atoms with van der Waals surface area (Å²) in [5.74, 6) is 0.835. The van der Waals surface area contributed by atoms with Crippen LogP contribution in [0.2, 0.25) is 5.02 Å². The molecule has 1 aliphatic rings. The number of hydrogen-bond donors (Lipinski definition) is 1. The monoisotopic (exact) mass is 284 g/mol. The highest BCUT2D eigenvalue weighted by molar-refractivity contribution is 6.30. The first-order valence-electron chi connectivity index (χ1n) is 6.28. The number of likely N-dealkylation sites (tertiary alicyclic amines) is 1. The Morgan fingerprint density at radius 1 is 1.58 bits per heavy atom. The van der Waals surface area contributed by atoms with E-state index in [0.717, 1.165) is 25.9 Å². The first-order valence-corrected chi connectivity index (χ1v) is 6.66.